The lowest BCUT2D eigenvalue weighted by Crippen LogP contribution is -2.22. The van der Waals surface area contributed by atoms with Gasteiger partial charge in [0.05, 0.1) is 23.4 Å². The Balaban J connectivity index is 1.77. The lowest BCUT2D eigenvalue weighted by Gasteiger charge is -2.07. The zero-order chi connectivity index (χ0) is 22.7. The number of anilines is 1. The average Bonchev–Trinajstić information content (AvgIpc) is 3.43. The molecule has 0 aliphatic carbocycles. The van der Waals surface area contributed by atoms with Gasteiger partial charge in [0.2, 0.25) is 5.91 Å². The van der Waals surface area contributed by atoms with Gasteiger partial charge in [0, 0.05) is 24.2 Å². The number of halogens is 1. The van der Waals surface area contributed by atoms with Crippen molar-refractivity contribution in [1.82, 2.24) is 10.3 Å². The Hall–Kier alpha value is -3.84. The summed E-state index contributed by atoms with van der Waals surface area (Å²) >= 11 is 6.40. The van der Waals surface area contributed by atoms with E-state index in [1.807, 2.05) is 13.0 Å². The van der Waals surface area contributed by atoms with Crippen LogP contribution in [0.25, 0.3) is 22.6 Å². The fourth-order valence-corrected chi connectivity index (χ4v) is 3.47. The molecule has 8 heteroatoms. The summed E-state index contributed by atoms with van der Waals surface area (Å²) in [5, 5.41) is 5.96. The number of carbonyl (C=O) groups is 2. The summed E-state index contributed by atoms with van der Waals surface area (Å²) in [4.78, 5) is 28.7. The Kier molecular flexibility index (Phi) is 6.09. The number of aromatic nitrogens is 1. The minimum absolute atomic E-state index is 0.231. The molecule has 0 unspecified atom stereocenters. The van der Waals surface area contributed by atoms with Gasteiger partial charge in [-0.1, -0.05) is 23.7 Å². The highest BCUT2D eigenvalue weighted by molar-refractivity contribution is 6.33. The molecular weight excluding hydrogens is 430 g/mol. The summed E-state index contributed by atoms with van der Waals surface area (Å²) in [5.74, 6) is 1.25. The third kappa shape index (κ3) is 4.58. The second-order valence-electron chi connectivity index (χ2n) is 7.16. The minimum Gasteiger partial charge on any atom is -0.467 e. The van der Waals surface area contributed by atoms with Crippen molar-refractivity contribution < 1.29 is 18.4 Å². The largest absolute Gasteiger partial charge is 0.467 e. The second kappa shape index (κ2) is 9.11. The molecule has 0 bridgehead atoms. The predicted molar refractivity (Wildman–Crippen MR) is 121 cm³/mol. The normalized spacial score (nSPS) is 10.7. The first-order valence-corrected chi connectivity index (χ1v) is 10.2. The van der Waals surface area contributed by atoms with E-state index in [1.54, 1.807) is 54.9 Å². The highest BCUT2D eigenvalue weighted by Gasteiger charge is 2.23. The number of hydrogen-bond donors (Lipinski definition) is 2. The van der Waals surface area contributed by atoms with Crippen LogP contribution < -0.4 is 10.6 Å². The van der Waals surface area contributed by atoms with Gasteiger partial charge >= 0.3 is 0 Å². The van der Waals surface area contributed by atoms with Gasteiger partial charge in [-0.15, -0.1) is 0 Å². The molecular formula is C24H20ClN3O4. The van der Waals surface area contributed by atoms with Gasteiger partial charge in [-0.25, -0.2) is 4.98 Å². The molecule has 32 heavy (non-hydrogen) atoms. The average molecular weight is 450 g/mol. The van der Waals surface area contributed by atoms with Crippen molar-refractivity contribution in [3.8, 4) is 22.6 Å². The van der Waals surface area contributed by atoms with Crippen molar-refractivity contribution >= 4 is 29.2 Å². The van der Waals surface area contributed by atoms with E-state index in [4.69, 9.17) is 20.4 Å². The van der Waals surface area contributed by atoms with Crippen LogP contribution >= 0.6 is 11.6 Å². The molecule has 3 aromatic heterocycles. The first-order chi connectivity index (χ1) is 15.4. The Morgan fingerprint density at radius 3 is 2.62 bits per heavy atom. The van der Waals surface area contributed by atoms with Gasteiger partial charge in [0.15, 0.2) is 0 Å². The fourth-order valence-electron chi connectivity index (χ4n) is 3.25. The number of nitrogens with zero attached hydrogens (tertiary/aromatic N) is 1. The molecule has 0 atom stereocenters. The molecule has 1 aromatic carbocycles. The molecule has 2 amide bonds. The molecule has 0 aliphatic heterocycles. The molecule has 4 rings (SSSR count). The van der Waals surface area contributed by atoms with Crippen LogP contribution in [0, 0.1) is 6.92 Å². The lowest BCUT2D eigenvalue weighted by molar-refractivity contribution is -0.114. The summed E-state index contributed by atoms with van der Waals surface area (Å²) in [6.07, 6.45) is 3.18. The maximum atomic E-state index is 13.1. The standard InChI is InChI=1S/C24H20ClN3O4/c1-14-12-26-22(28-15(2)29)11-18(14)21-10-19(24(30)27-13-16-6-5-9-31-16)23(32-21)17-7-3-4-8-20(17)25/h3-12H,13H2,1-2H3,(H,27,30)(H,26,28,29). The second-order valence-corrected chi connectivity index (χ2v) is 7.57. The van der Waals surface area contributed by atoms with Crippen molar-refractivity contribution in [2.75, 3.05) is 5.32 Å². The fraction of sp³-hybridized carbons (Fsp3) is 0.125. The van der Waals surface area contributed by atoms with Crippen LogP contribution in [0.4, 0.5) is 5.82 Å². The lowest BCUT2D eigenvalue weighted by atomic mass is 10.1. The zero-order valence-electron chi connectivity index (χ0n) is 17.4. The van der Waals surface area contributed by atoms with E-state index in [0.717, 1.165) is 5.56 Å². The van der Waals surface area contributed by atoms with E-state index in [0.29, 0.717) is 44.8 Å². The number of rotatable bonds is 6. The van der Waals surface area contributed by atoms with Crippen molar-refractivity contribution in [1.29, 1.82) is 0 Å². The Morgan fingerprint density at radius 1 is 1.09 bits per heavy atom. The van der Waals surface area contributed by atoms with Crippen LogP contribution in [-0.2, 0) is 11.3 Å². The molecule has 2 N–H and O–H groups in total. The number of amides is 2. The molecule has 0 spiro atoms. The van der Waals surface area contributed by atoms with Gasteiger partial charge in [-0.2, -0.15) is 0 Å². The van der Waals surface area contributed by atoms with Gasteiger partial charge in [-0.05, 0) is 48.9 Å². The molecule has 0 saturated carbocycles. The van der Waals surface area contributed by atoms with E-state index < -0.39 is 0 Å². The maximum Gasteiger partial charge on any atom is 0.255 e. The number of hydrogen-bond acceptors (Lipinski definition) is 5. The number of furan rings is 2. The summed E-state index contributed by atoms with van der Waals surface area (Å²) in [5.41, 5.74) is 2.44. The first kappa shape index (κ1) is 21.4. The van der Waals surface area contributed by atoms with E-state index >= 15 is 0 Å². The van der Waals surface area contributed by atoms with Crippen LogP contribution in [-0.4, -0.2) is 16.8 Å². The summed E-state index contributed by atoms with van der Waals surface area (Å²) in [6, 6.07) is 14.0. The summed E-state index contributed by atoms with van der Waals surface area (Å²) in [6.45, 7) is 3.51. The van der Waals surface area contributed by atoms with Crippen molar-refractivity contribution in [3.05, 3.63) is 82.9 Å². The first-order valence-electron chi connectivity index (χ1n) is 9.86. The van der Waals surface area contributed by atoms with Crippen LogP contribution in [0.1, 0.15) is 28.6 Å². The van der Waals surface area contributed by atoms with Crippen LogP contribution in [0.15, 0.2) is 69.8 Å². The van der Waals surface area contributed by atoms with Gasteiger partial charge in [0.25, 0.3) is 5.91 Å². The molecule has 0 radical (unpaired) electrons. The smallest absolute Gasteiger partial charge is 0.255 e. The zero-order valence-corrected chi connectivity index (χ0v) is 18.2. The van der Waals surface area contributed by atoms with E-state index in [9.17, 15) is 9.59 Å². The van der Waals surface area contributed by atoms with E-state index in [1.165, 1.54) is 6.92 Å². The molecule has 7 nitrogen and oxygen atoms in total. The molecule has 0 fully saturated rings. The minimum atomic E-state index is -0.333. The van der Waals surface area contributed by atoms with E-state index in [-0.39, 0.29) is 18.4 Å². The molecule has 4 aromatic rings. The number of nitrogens with one attached hydrogen (secondary N) is 2. The third-order valence-corrected chi connectivity index (χ3v) is 5.10. The Labute approximate surface area is 189 Å². The van der Waals surface area contributed by atoms with Crippen LogP contribution in [0.2, 0.25) is 5.02 Å². The monoisotopic (exact) mass is 449 g/mol. The number of pyridine rings is 1. The van der Waals surface area contributed by atoms with Gasteiger partial charge < -0.3 is 19.5 Å². The topological polar surface area (TPSA) is 97.4 Å². The molecule has 0 saturated heterocycles. The quantitative estimate of drug-likeness (QED) is 0.407. The number of benzene rings is 1. The number of aryl methyl sites for hydroxylation is 1. The highest BCUT2D eigenvalue weighted by Crippen LogP contribution is 2.37. The van der Waals surface area contributed by atoms with Crippen LogP contribution in [0.5, 0.6) is 0 Å². The SMILES string of the molecule is CC(=O)Nc1cc(-c2cc(C(=O)NCc3ccco3)c(-c3ccccc3Cl)o2)c(C)cn1. The molecule has 162 valence electrons. The number of carbonyl (C=O) groups excluding carboxylic acids is 2. The van der Waals surface area contributed by atoms with E-state index in [2.05, 4.69) is 15.6 Å². The summed E-state index contributed by atoms with van der Waals surface area (Å²) < 4.78 is 11.4. The van der Waals surface area contributed by atoms with Crippen molar-refractivity contribution in [3.63, 3.8) is 0 Å². The van der Waals surface area contributed by atoms with Gasteiger partial charge in [0.1, 0.15) is 23.1 Å². The van der Waals surface area contributed by atoms with Gasteiger partial charge in [-0.3, -0.25) is 9.59 Å². The van der Waals surface area contributed by atoms with Crippen LogP contribution in [0.3, 0.4) is 0 Å². The Morgan fingerprint density at radius 2 is 1.91 bits per heavy atom. The molecule has 0 aliphatic rings. The van der Waals surface area contributed by atoms with Crippen molar-refractivity contribution in [2.24, 2.45) is 0 Å². The predicted octanol–water partition coefficient (Wildman–Crippen LogP) is 5.45. The summed E-state index contributed by atoms with van der Waals surface area (Å²) in [7, 11) is 0. The van der Waals surface area contributed by atoms with Crippen molar-refractivity contribution in [2.45, 2.75) is 20.4 Å². The molecule has 3 heterocycles. The maximum absolute atomic E-state index is 13.1. The highest BCUT2D eigenvalue weighted by atomic mass is 35.5. The Bertz CT molecular complexity index is 1280. The third-order valence-electron chi connectivity index (χ3n) is 4.77.